The van der Waals surface area contributed by atoms with Gasteiger partial charge in [-0.25, -0.2) is 4.68 Å². The van der Waals surface area contributed by atoms with Crippen LogP contribution in [0.1, 0.15) is 19.5 Å². The molecule has 0 aliphatic carbocycles. The van der Waals surface area contributed by atoms with Gasteiger partial charge in [0.15, 0.2) is 11.5 Å². The number of hydrogen-bond donors (Lipinski definition) is 1. The van der Waals surface area contributed by atoms with Crippen molar-refractivity contribution in [3.8, 4) is 17.2 Å². The van der Waals surface area contributed by atoms with Crippen LogP contribution in [0.15, 0.2) is 24.4 Å². The molecule has 2 aromatic rings. The van der Waals surface area contributed by atoms with Crippen molar-refractivity contribution < 1.29 is 9.47 Å². The molecule has 0 spiro atoms. The molecule has 0 atom stereocenters. The highest BCUT2D eigenvalue weighted by molar-refractivity contribution is 5.49. The fourth-order valence-electron chi connectivity index (χ4n) is 1.99. The van der Waals surface area contributed by atoms with Gasteiger partial charge >= 0.3 is 0 Å². The summed E-state index contributed by atoms with van der Waals surface area (Å²) in [5.74, 6) is 1.54. The van der Waals surface area contributed by atoms with Crippen LogP contribution in [0.5, 0.6) is 11.5 Å². The third-order valence-corrected chi connectivity index (χ3v) is 3.02. The molecule has 1 aromatic heterocycles. The second kappa shape index (κ2) is 5.50. The monoisotopic (exact) mass is 274 g/mol. The minimum absolute atomic E-state index is 0.425. The van der Waals surface area contributed by atoms with E-state index in [1.807, 2.05) is 24.4 Å². The second-order valence-electron chi connectivity index (χ2n) is 5.02. The van der Waals surface area contributed by atoms with E-state index in [9.17, 15) is 0 Å². The molecule has 0 bridgehead atoms. The summed E-state index contributed by atoms with van der Waals surface area (Å²) in [5.41, 5.74) is 1.83. The van der Waals surface area contributed by atoms with Gasteiger partial charge in [0.1, 0.15) is 13.2 Å². The van der Waals surface area contributed by atoms with E-state index in [0.717, 1.165) is 22.9 Å². The highest BCUT2D eigenvalue weighted by Gasteiger charge is 2.13. The minimum Gasteiger partial charge on any atom is -0.486 e. The van der Waals surface area contributed by atoms with Crippen LogP contribution in [0.25, 0.3) is 5.69 Å². The Morgan fingerprint density at radius 2 is 2.05 bits per heavy atom. The predicted octanol–water partition coefficient (Wildman–Crippen LogP) is 1.54. The Labute approximate surface area is 117 Å². The highest BCUT2D eigenvalue weighted by Crippen LogP contribution is 2.31. The smallest absolute Gasteiger partial charge is 0.163 e. The lowest BCUT2D eigenvalue weighted by molar-refractivity contribution is 0.171. The Hall–Kier alpha value is -2.08. The lowest BCUT2D eigenvalue weighted by Crippen LogP contribution is -2.21. The van der Waals surface area contributed by atoms with E-state index in [4.69, 9.17) is 9.47 Å². The molecular weight excluding hydrogens is 256 g/mol. The number of ether oxygens (including phenoxy) is 2. The van der Waals surface area contributed by atoms with Crippen molar-refractivity contribution in [2.24, 2.45) is 0 Å². The lowest BCUT2D eigenvalue weighted by atomic mass is 10.2. The number of benzene rings is 1. The molecule has 1 N–H and O–H groups in total. The van der Waals surface area contributed by atoms with Crippen molar-refractivity contribution in [3.05, 3.63) is 30.1 Å². The maximum atomic E-state index is 5.57. The van der Waals surface area contributed by atoms with Gasteiger partial charge in [0.25, 0.3) is 0 Å². The van der Waals surface area contributed by atoms with E-state index < -0.39 is 0 Å². The molecule has 0 radical (unpaired) electrons. The fraction of sp³-hybridized carbons (Fsp3) is 0.429. The first-order valence-corrected chi connectivity index (χ1v) is 6.77. The quantitative estimate of drug-likeness (QED) is 0.916. The molecule has 0 saturated heterocycles. The zero-order valence-electron chi connectivity index (χ0n) is 11.7. The summed E-state index contributed by atoms with van der Waals surface area (Å²) in [7, 11) is 0. The fourth-order valence-corrected chi connectivity index (χ4v) is 1.99. The summed E-state index contributed by atoms with van der Waals surface area (Å²) in [6.45, 7) is 6.09. The summed E-state index contributed by atoms with van der Waals surface area (Å²) in [5, 5.41) is 11.6. The Morgan fingerprint density at radius 1 is 1.25 bits per heavy atom. The summed E-state index contributed by atoms with van der Waals surface area (Å²) in [6.07, 6.45) is 1.92. The first-order valence-electron chi connectivity index (χ1n) is 6.77. The van der Waals surface area contributed by atoms with Gasteiger partial charge in [0, 0.05) is 18.7 Å². The van der Waals surface area contributed by atoms with Crippen LogP contribution in [0.4, 0.5) is 0 Å². The average Bonchev–Trinajstić information content (AvgIpc) is 2.93. The maximum Gasteiger partial charge on any atom is 0.163 e. The standard InChI is InChI=1S/C14H18N4O2/c1-10(2)15-8-11-9-18(17-16-11)12-3-4-13-14(7-12)20-6-5-19-13/h3-4,7,9-10,15H,5-6,8H2,1-2H3. The zero-order chi connectivity index (χ0) is 13.9. The summed E-state index contributed by atoms with van der Waals surface area (Å²) in [4.78, 5) is 0. The zero-order valence-corrected chi connectivity index (χ0v) is 11.7. The van der Waals surface area contributed by atoms with Crippen molar-refractivity contribution in [1.82, 2.24) is 20.3 Å². The molecule has 106 valence electrons. The molecule has 1 aromatic carbocycles. The van der Waals surface area contributed by atoms with E-state index in [-0.39, 0.29) is 0 Å². The van der Waals surface area contributed by atoms with Gasteiger partial charge in [-0.05, 0) is 12.1 Å². The Balaban J connectivity index is 1.79. The first-order chi connectivity index (χ1) is 9.72. The van der Waals surface area contributed by atoms with Crippen LogP contribution in [0.3, 0.4) is 0 Å². The normalized spacial score (nSPS) is 13.8. The van der Waals surface area contributed by atoms with Gasteiger partial charge in [-0.2, -0.15) is 0 Å². The van der Waals surface area contributed by atoms with E-state index in [1.165, 1.54) is 0 Å². The molecular formula is C14H18N4O2. The third-order valence-electron chi connectivity index (χ3n) is 3.02. The molecule has 6 nitrogen and oxygen atoms in total. The van der Waals surface area contributed by atoms with Crippen LogP contribution in [-0.2, 0) is 6.54 Å². The van der Waals surface area contributed by atoms with E-state index in [0.29, 0.717) is 25.8 Å². The van der Waals surface area contributed by atoms with Gasteiger partial charge in [0.05, 0.1) is 17.6 Å². The summed E-state index contributed by atoms with van der Waals surface area (Å²) >= 11 is 0. The Kier molecular flexibility index (Phi) is 3.56. The minimum atomic E-state index is 0.425. The van der Waals surface area contributed by atoms with Crippen molar-refractivity contribution >= 4 is 0 Å². The Bertz CT molecular complexity index is 595. The number of hydrogen-bond acceptors (Lipinski definition) is 5. The van der Waals surface area contributed by atoms with Crippen LogP contribution in [-0.4, -0.2) is 34.2 Å². The number of nitrogens with zero attached hydrogens (tertiary/aromatic N) is 3. The number of fused-ring (bicyclic) bond motifs is 1. The molecule has 0 fully saturated rings. The van der Waals surface area contributed by atoms with Crippen molar-refractivity contribution in [2.45, 2.75) is 26.4 Å². The van der Waals surface area contributed by atoms with E-state index in [2.05, 4.69) is 29.5 Å². The van der Waals surface area contributed by atoms with E-state index >= 15 is 0 Å². The van der Waals surface area contributed by atoms with Crippen LogP contribution >= 0.6 is 0 Å². The number of nitrogens with one attached hydrogen (secondary N) is 1. The topological polar surface area (TPSA) is 61.2 Å². The molecule has 0 unspecified atom stereocenters. The van der Waals surface area contributed by atoms with Crippen LogP contribution in [0, 0.1) is 0 Å². The molecule has 3 rings (SSSR count). The lowest BCUT2D eigenvalue weighted by Gasteiger charge is -2.18. The SMILES string of the molecule is CC(C)NCc1cn(-c2ccc3c(c2)OCCO3)nn1. The molecule has 0 amide bonds. The van der Waals surface area contributed by atoms with Gasteiger partial charge in [-0.1, -0.05) is 19.1 Å². The summed E-state index contributed by atoms with van der Waals surface area (Å²) in [6, 6.07) is 6.19. The molecule has 1 aliphatic rings. The third kappa shape index (κ3) is 2.75. The van der Waals surface area contributed by atoms with Gasteiger partial charge in [0.2, 0.25) is 0 Å². The molecule has 20 heavy (non-hydrogen) atoms. The van der Waals surface area contributed by atoms with Gasteiger partial charge in [-0.3, -0.25) is 0 Å². The average molecular weight is 274 g/mol. The molecule has 1 aliphatic heterocycles. The van der Waals surface area contributed by atoms with Crippen LogP contribution < -0.4 is 14.8 Å². The van der Waals surface area contributed by atoms with Crippen molar-refractivity contribution in [1.29, 1.82) is 0 Å². The molecule has 2 heterocycles. The molecule has 6 heteroatoms. The van der Waals surface area contributed by atoms with Gasteiger partial charge < -0.3 is 14.8 Å². The van der Waals surface area contributed by atoms with E-state index in [1.54, 1.807) is 4.68 Å². The second-order valence-corrected chi connectivity index (χ2v) is 5.02. The summed E-state index contributed by atoms with van der Waals surface area (Å²) < 4.78 is 12.8. The highest BCUT2D eigenvalue weighted by atomic mass is 16.6. The van der Waals surface area contributed by atoms with Crippen molar-refractivity contribution in [2.75, 3.05) is 13.2 Å². The number of aromatic nitrogens is 3. The largest absolute Gasteiger partial charge is 0.486 e. The predicted molar refractivity (Wildman–Crippen MR) is 74.3 cm³/mol. The molecule has 0 saturated carbocycles. The first kappa shape index (κ1) is 12.9. The number of rotatable bonds is 4. The Morgan fingerprint density at radius 3 is 2.85 bits per heavy atom. The van der Waals surface area contributed by atoms with Crippen molar-refractivity contribution in [3.63, 3.8) is 0 Å². The van der Waals surface area contributed by atoms with Crippen LogP contribution in [0.2, 0.25) is 0 Å². The maximum absolute atomic E-state index is 5.57. The van der Waals surface area contributed by atoms with Gasteiger partial charge in [-0.15, -0.1) is 5.10 Å².